The van der Waals surface area contributed by atoms with Crippen LogP contribution in [0, 0.1) is 23.7 Å². The van der Waals surface area contributed by atoms with E-state index in [1.165, 1.54) is 44.1 Å². The Morgan fingerprint density at radius 2 is 1.58 bits per heavy atom. The van der Waals surface area contributed by atoms with Gasteiger partial charge in [-0.2, -0.15) is 0 Å². The van der Waals surface area contributed by atoms with Gasteiger partial charge in [0.25, 0.3) is 0 Å². The van der Waals surface area contributed by atoms with Crippen molar-refractivity contribution < 1.29 is 29.3 Å². The molecule has 0 spiro atoms. The highest BCUT2D eigenvalue weighted by Gasteiger charge is 2.22. The van der Waals surface area contributed by atoms with Gasteiger partial charge in [-0.15, -0.1) is 0 Å². The van der Waals surface area contributed by atoms with Crippen LogP contribution < -0.4 is 9.47 Å². The summed E-state index contributed by atoms with van der Waals surface area (Å²) in [5.74, 6) is 6.63. The number of benzene rings is 3. The normalized spacial score (nSPS) is 16.8. The van der Waals surface area contributed by atoms with Gasteiger partial charge in [0.15, 0.2) is 0 Å². The molecule has 1 atom stereocenters. The third-order valence-corrected chi connectivity index (χ3v) is 8.01. The van der Waals surface area contributed by atoms with Gasteiger partial charge >= 0.3 is 11.9 Å². The first kappa shape index (κ1) is 31.7. The standard InChI is InChI=1S/C37H40O6/c1-4-5-27-6-11-29(12-7-27)30-13-8-28(9-14-30)10-15-33-22-32(18-21-35(33)43-37(41)26(3)24-39)31-16-19-34(20-17-31)42-36(40)25(2)23-38/h8-9,13-14,16-22,26-27,29,38-39H,2,4-7,11-12,23-24H2,1,3H3. The Balaban J connectivity index is 1.55. The van der Waals surface area contributed by atoms with Crippen LogP contribution in [0.25, 0.3) is 11.1 Å². The molecule has 0 aliphatic heterocycles. The summed E-state index contributed by atoms with van der Waals surface area (Å²) in [5, 5.41) is 18.5. The minimum Gasteiger partial charge on any atom is -0.425 e. The Labute approximate surface area is 254 Å². The molecule has 3 aromatic rings. The summed E-state index contributed by atoms with van der Waals surface area (Å²) in [6.45, 7) is 6.56. The van der Waals surface area contributed by atoms with Gasteiger partial charge in [-0.05, 0) is 97.5 Å². The van der Waals surface area contributed by atoms with Crippen molar-refractivity contribution in [2.75, 3.05) is 13.2 Å². The number of aliphatic hydroxyl groups is 2. The second-order valence-corrected chi connectivity index (χ2v) is 11.3. The van der Waals surface area contributed by atoms with Crippen molar-refractivity contribution in [1.29, 1.82) is 0 Å². The average Bonchev–Trinajstić information content (AvgIpc) is 3.04. The fourth-order valence-corrected chi connectivity index (χ4v) is 5.31. The summed E-state index contributed by atoms with van der Waals surface area (Å²) >= 11 is 0. The minimum atomic E-state index is -0.691. The van der Waals surface area contributed by atoms with Gasteiger partial charge in [0.05, 0.1) is 30.3 Å². The first-order chi connectivity index (χ1) is 20.8. The highest BCUT2D eigenvalue weighted by Crippen LogP contribution is 2.37. The van der Waals surface area contributed by atoms with E-state index in [0.29, 0.717) is 23.0 Å². The Morgan fingerprint density at radius 3 is 2.21 bits per heavy atom. The second kappa shape index (κ2) is 15.3. The van der Waals surface area contributed by atoms with Gasteiger partial charge in [-0.1, -0.05) is 68.5 Å². The van der Waals surface area contributed by atoms with Crippen molar-refractivity contribution in [3.8, 4) is 34.5 Å². The van der Waals surface area contributed by atoms with Crippen molar-refractivity contribution in [3.05, 3.63) is 95.6 Å². The first-order valence-electron chi connectivity index (χ1n) is 15.0. The summed E-state index contributed by atoms with van der Waals surface area (Å²) < 4.78 is 10.8. The van der Waals surface area contributed by atoms with E-state index in [-0.39, 0.29) is 12.2 Å². The molecule has 224 valence electrons. The lowest BCUT2D eigenvalue weighted by molar-refractivity contribution is -0.139. The van der Waals surface area contributed by atoms with E-state index >= 15 is 0 Å². The van der Waals surface area contributed by atoms with Gasteiger partial charge in [-0.3, -0.25) is 4.79 Å². The molecule has 3 aromatic carbocycles. The van der Waals surface area contributed by atoms with Crippen LogP contribution >= 0.6 is 0 Å². The van der Waals surface area contributed by atoms with Gasteiger partial charge in [0.1, 0.15) is 11.5 Å². The summed E-state index contributed by atoms with van der Waals surface area (Å²) in [6, 6.07) is 20.7. The lowest BCUT2D eigenvalue weighted by Gasteiger charge is -2.28. The number of aliphatic hydroxyl groups excluding tert-OH is 2. The van der Waals surface area contributed by atoms with Crippen LogP contribution in [0.3, 0.4) is 0 Å². The van der Waals surface area contributed by atoms with Crippen molar-refractivity contribution in [1.82, 2.24) is 0 Å². The van der Waals surface area contributed by atoms with E-state index in [0.717, 1.165) is 22.6 Å². The van der Waals surface area contributed by atoms with Gasteiger partial charge in [-0.25, -0.2) is 4.79 Å². The Hall–Kier alpha value is -4.18. The molecule has 1 aliphatic carbocycles. The van der Waals surface area contributed by atoms with Gasteiger partial charge < -0.3 is 19.7 Å². The Morgan fingerprint density at radius 1 is 0.907 bits per heavy atom. The molecule has 0 radical (unpaired) electrons. The van der Waals surface area contributed by atoms with Gasteiger partial charge in [0, 0.05) is 5.56 Å². The van der Waals surface area contributed by atoms with Crippen LogP contribution in [0.4, 0.5) is 0 Å². The number of ether oxygens (including phenoxy) is 2. The fourth-order valence-electron chi connectivity index (χ4n) is 5.31. The molecule has 1 aliphatic rings. The highest BCUT2D eigenvalue weighted by atomic mass is 16.5. The van der Waals surface area contributed by atoms with Gasteiger partial charge in [0.2, 0.25) is 0 Å². The molecule has 1 unspecified atom stereocenters. The molecular formula is C37H40O6. The van der Waals surface area contributed by atoms with Crippen LogP contribution in [0.1, 0.15) is 75.0 Å². The number of hydrogen-bond donors (Lipinski definition) is 2. The zero-order valence-electron chi connectivity index (χ0n) is 25.0. The number of rotatable bonds is 10. The quantitative estimate of drug-likeness (QED) is 0.118. The molecule has 0 saturated heterocycles. The number of esters is 2. The smallest absolute Gasteiger partial charge is 0.341 e. The molecule has 0 aromatic heterocycles. The molecule has 6 nitrogen and oxygen atoms in total. The van der Waals surface area contributed by atoms with Crippen LogP contribution in [-0.4, -0.2) is 35.4 Å². The van der Waals surface area contributed by atoms with E-state index < -0.39 is 24.5 Å². The molecule has 6 heteroatoms. The maximum absolute atomic E-state index is 12.5. The third kappa shape index (κ3) is 8.67. The lowest BCUT2D eigenvalue weighted by Crippen LogP contribution is -2.21. The molecule has 0 bridgehead atoms. The van der Waals surface area contributed by atoms with E-state index in [4.69, 9.17) is 14.6 Å². The van der Waals surface area contributed by atoms with Crippen molar-refractivity contribution in [3.63, 3.8) is 0 Å². The fraction of sp³-hybridized carbons (Fsp3) is 0.351. The van der Waals surface area contributed by atoms with E-state index in [2.05, 4.69) is 49.6 Å². The molecule has 1 fully saturated rings. The van der Waals surface area contributed by atoms with E-state index in [1.807, 2.05) is 12.1 Å². The van der Waals surface area contributed by atoms with E-state index in [1.54, 1.807) is 37.3 Å². The molecular weight excluding hydrogens is 540 g/mol. The van der Waals surface area contributed by atoms with E-state index in [9.17, 15) is 14.7 Å². The van der Waals surface area contributed by atoms with Crippen molar-refractivity contribution >= 4 is 11.9 Å². The topological polar surface area (TPSA) is 93.1 Å². The summed E-state index contributed by atoms with van der Waals surface area (Å²) in [6.07, 6.45) is 7.69. The van der Waals surface area contributed by atoms with Crippen LogP contribution in [0.5, 0.6) is 11.5 Å². The molecule has 0 heterocycles. The molecule has 0 amide bonds. The number of carbonyl (C=O) groups excluding carboxylic acids is 2. The molecule has 1 saturated carbocycles. The van der Waals surface area contributed by atoms with Crippen LogP contribution in [0.2, 0.25) is 0 Å². The maximum Gasteiger partial charge on any atom is 0.341 e. The average molecular weight is 581 g/mol. The number of hydrogen-bond acceptors (Lipinski definition) is 6. The summed E-state index contributed by atoms with van der Waals surface area (Å²) in [5.41, 5.74) is 4.39. The van der Waals surface area contributed by atoms with Crippen LogP contribution in [0.15, 0.2) is 78.9 Å². The molecule has 2 N–H and O–H groups in total. The Bertz CT molecular complexity index is 1470. The predicted octanol–water partition coefficient (Wildman–Crippen LogP) is 6.82. The SMILES string of the molecule is C=C(CO)C(=O)Oc1ccc(-c2ccc(OC(=O)C(C)CO)c(C#Cc3ccc(C4CCC(CCC)CC4)cc3)c2)cc1. The summed E-state index contributed by atoms with van der Waals surface area (Å²) in [7, 11) is 0. The largest absolute Gasteiger partial charge is 0.425 e. The highest BCUT2D eigenvalue weighted by molar-refractivity contribution is 5.89. The first-order valence-corrected chi connectivity index (χ1v) is 15.0. The zero-order chi connectivity index (χ0) is 30.8. The minimum absolute atomic E-state index is 0.0304. The third-order valence-electron chi connectivity index (χ3n) is 8.01. The monoisotopic (exact) mass is 580 g/mol. The number of carbonyl (C=O) groups is 2. The van der Waals surface area contributed by atoms with Crippen molar-refractivity contribution in [2.45, 2.75) is 58.3 Å². The van der Waals surface area contributed by atoms with Crippen LogP contribution in [-0.2, 0) is 9.59 Å². The molecule has 43 heavy (non-hydrogen) atoms. The maximum atomic E-state index is 12.5. The summed E-state index contributed by atoms with van der Waals surface area (Å²) in [4.78, 5) is 24.4. The van der Waals surface area contributed by atoms with Crippen molar-refractivity contribution in [2.24, 2.45) is 11.8 Å². The zero-order valence-corrected chi connectivity index (χ0v) is 25.0. The predicted molar refractivity (Wildman–Crippen MR) is 168 cm³/mol. The lowest BCUT2D eigenvalue weighted by atomic mass is 9.77. The molecule has 4 rings (SSSR count). The second-order valence-electron chi connectivity index (χ2n) is 11.3. The Kier molecular flexibility index (Phi) is 11.3.